The van der Waals surface area contributed by atoms with Crippen LogP contribution in [0.25, 0.3) is 0 Å². The summed E-state index contributed by atoms with van der Waals surface area (Å²) in [5.41, 5.74) is 0. The molecule has 0 unspecified atom stereocenters. The molecule has 0 N–H and O–H groups in total. The highest BCUT2D eigenvalue weighted by atomic mass is 79.9. The van der Waals surface area contributed by atoms with E-state index in [0.717, 1.165) is 4.47 Å². The number of hydrogen-bond donors (Lipinski definition) is 0. The summed E-state index contributed by atoms with van der Waals surface area (Å²) in [5.74, 6) is 0.975. The zero-order valence-electron chi connectivity index (χ0n) is 7.82. The van der Waals surface area contributed by atoms with E-state index in [9.17, 15) is 0 Å². The Morgan fingerprint density at radius 1 is 1.25 bits per heavy atom. The minimum absolute atomic E-state index is 0.430. The summed E-state index contributed by atoms with van der Waals surface area (Å²) in [6, 6.07) is 5.36. The number of hydrogen-bond acceptors (Lipinski definition) is 3. The van der Waals surface area contributed by atoms with Gasteiger partial charge in [-0.1, -0.05) is 27.5 Å². The summed E-state index contributed by atoms with van der Waals surface area (Å²) in [5, 5.41) is 0.514. The Morgan fingerprint density at radius 2 is 2.06 bits per heavy atom. The largest absolute Gasteiger partial charge is 0.436 e. The van der Waals surface area contributed by atoms with Crippen molar-refractivity contribution in [3.05, 3.63) is 44.7 Å². The first-order valence-electron chi connectivity index (χ1n) is 4.25. The van der Waals surface area contributed by atoms with Gasteiger partial charge in [0, 0.05) is 10.7 Å². The molecule has 16 heavy (non-hydrogen) atoms. The summed E-state index contributed by atoms with van der Waals surface area (Å²) in [6.07, 6.45) is 3.02. The van der Waals surface area contributed by atoms with Crippen LogP contribution in [0, 0.1) is 0 Å². The van der Waals surface area contributed by atoms with E-state index in [0.29, 0.717) is 21.1 Å². The standard InChI is InChI=1S/C10H5Br2ClN2O/c11-6-1-2-9(8(13)3-6)16-10-7(12)4-14-5-15-10/h1-5H. The van der Waals surface area contributed by atoms with Gasteiger partial charge >= 0.3 is 0 Å². The first kappa shape index (κ1) is 11.8. The van der Waals surface area contributed by atoms with Crippen molar-refractivity contribution in [2.45, 2.75) is 0 Å². The highest BCUT2D eigenvalue weighted by Crippen LogP contribution is 2.33. The van der Waals surface area contributed by atoms with E-state index in [4.69, 9.17) is 16.3 Å². The quantitative estimate of drug-likeness (QED) is 0.790. The molecule has 0 atom stereocenters. The van der Waals surface area contributed by atoms with Gasteiger partial charge < -0.3 is 4.74 Å². The van der Waals surface area contributed by atoms with Crippen molar-refractivity contribution in [3.8, 4) is 11.6 Å². The van der Waals surface area contributed by atoms with Crippen LogP contribution in [0.4, 0.5) is 0 Å². The van der Waals surface area contributed by atoms with Gasteiger partial charge in [-0.15, -0.1) is 0 Å². The number of nitrogens with zero attached hydrogens (tertiary/aromatic N) is 2. The number of rotatable bonds is 2. The van der Waals surface area contributed by atoms with Gasteiger partial charge in [0.25, 0.3) is 0 Å². The average Bonchev–Trinajstić information content (AvgIpc) is 2.25. The summed E-state index contributed by atoms with van der Waals surface area (Å²) >= 11 is 12.6. The first-order valence-corrected chi connectivity index (χ1v) is 6.21. The number of benzene rings is 1. The molecule has 2 aromatic rings. The Bertz CT molecular complexity index is 522. The van der Waals surface area contributed by atoms with E-state index in [-0.39, 0.29) is 0 Å². The van der Waals surface area contributed by atoms with E-state index >= 15 is 0 Å². The number of aromatic nitrogens is 2. The highest BCUT2D eigenvalue weighted by Gasteiger charge is 2.07. The molecule has 0 spiro atoms. The van der Waals surface area contributed by atoms with E-state index in [2.05, 4.69) is 41.8 Å². The summed E-state index contributed by atoms with van der Waals surface area (Å²) in [6.45, 7) is 0. The predicted molar refractivity (Wildman–Crippen MR) is 69.0 cm³/mol. The van der Waals surface area contributed by atoms with E-state index in [1.165, 1.54) is 6.33 Å². The normalized spacial score (nSPS) is 10.2. The maximum Gasteiger partial charge on any atom is 0.236 e. The van der Waals surface area contributed by atoms with E-state index in [1.54, 1.807) is 18.3 Å². The van der Waals surface area contributed by atoms with Crippen LogP contribution in [0.15, 0.2) is 39.7 Å². The average molecular weight is 364 g/mol. The van der Waals surface area contributed by atoms with Crippen molar-refractivity contribution in [1.82, 2.24) is 9.97 Å². The van der Waals surface area contributed by atoms with Crippen LogP contribution in [0.2, 0.25) is 5.02 Å². The zero-order valence-corrected chi connectivity index (χ0v) is 11.8. The molecule has 0 saturated carbocycles. The van der Waals surface area contributed by atoms with Gasteiger partial charge in [0.2, 0.25) is 5.88 Å². The predicted octanol–water partition coefficient (Wildman–Crippen LogP) is 4.45. The van der Waals surface area contributed by atoms with E-state index in [1.807, 2.05) is 6.07 Å². The molecule has 0 fully saturated rings. The fraction of sp³-hybridized carbons (Fsp3) is 0. The van der Waals surface area contributed by atoms with Crippen molar-refractivity contribution < 1.29 is 4.74 Å². The second kappa shape index (κ2) is 5.12. The Morgan fingerprint density at radius 3 is 2.75 bits per heavy atom. The number of halogens is 3. The van der Waals surface area contributed by atoms with Crippen LogP contribution in [0.1, 0.15) is 0 Å². The molecule has 0 aliphatic rings. The molecule has 1 heterocycles. The number of ether oxygens (including phenoxy) is 1. The molecule has 6 heteroatoms. The van der Waals surface area contributed by atoms with Crippen LogP contribution in [-0.4, -0.2) is 9.97 Å². The Labute approximate surface area is 114 Å². The molecular formula is C10H5Br2ClN2O. The lowest BCUT2D eigenvalue weighted by Gasteiger charge is -2.07. The molecule has 0 saturated heterocycles. The van der Waals surface area contributed by atoms with Crippen LogP contribution in [0.3, 0.4) is 0 Å². The van der Waals surface area contributed by atoms with Gasteiger partial charge in [0.05, 0.1) is 9.50 Å². The SMILES string of the molecule is Clc1cc(Br)ccc1Oc1ncncc1Br. The molecule has 2 rings (SSSR count). The fourth-order valence-electron chi connectivity index (χ4n) is 1.04. The van der Waals surface area contributed by atoms with Crippen molar-refractivity contribution in [1.29, 1.82) is 0 Å². The third-order valence-corrected chi connectivity index (χ3v) is 3.07. The Hall–Kier alpha value is -0.650. The maximum absolute atomic E-state index is 6.02. The molecule has 1 aromatic carbocycles. The smallest absolute Gasteiger partial charge is 0.236 e. The Kier molecular flexibility index (Phi) is 3.78. The molecule has 0 bridgehead atoms. The van der Waals surface area contributed by atoms with Gasteiger partial charge in [-0.3, -0.25) is 0 Å². The molecule has 0 aliphatic heterocycles. The van der Waals surface area contributed by atoms with Gasteiger partial charge in [-0.05, 0) is 34.1 Å². The highest BCUT2D eigenvalue weighted by molar-refractivity contribution is 9.10. The monoisotopic (exact) mass is 362 g/mol. The van der Waals surface area contributed by atoms with Gasteiger partial charge in [-0.25, -0.2) is 9.97 Å². The van der Waals surface area contributed by atoms with Gasteiger partial charge in [0.15, 0.2) is 0 Å². The zero-order chi connectivity index (χ0) is 11.5. The third-order valence-electron chi connectivity index (χ3n) is 1.73. The maximum atomic E-state index is 6.02. The lowest BCUT2D eigenvalue weighted by Crippen LogP contribution is -1.90. The molecule has 0 radical (unpaired) electrons. The summed E-state index contributed by atoms with van der Waals surface area (Å²) < 4.78 is 7.11. The summed E-state index contributed by atoms with van der Waals surface area (Å²) in [7, 11) is 0. The fourth-order valence-corrected chi connectivity index (χ4v) is 2.05. The van der Waals surface area contributed by atoms with Crippen molar-refractivity contribution >= 4 is 43.5 Å². The van der Waals surface area contributed by atoms with Gasteiger partial charge in [0.1, 0.15) is 12.1 Å². The van der Waals surface area contributed by atoms with Crippen LogP contribution < -0.4 is 4.74 Å². The molecule has 1 aromatic heterocycles. The van der Waals surface area contributed by atoms with Crippen molar-refractivity contribution in [2.24, 2.45) is 0 Å². The lowest BCUT2D eigenvalue weighted by atomic mass is 10.3. The third kappa shape index (κ3) is 2.72. The lowest BCUT2D eigenvalue weighted by molar-refractivity contribution is 0.458. The minimum atomic E-state index is 0.430. The molecule has 3 nitrogen and oxygen atoms in total. The van der Waals surface area contributed by atoms with Crippen molar-refractivity contribution in [2.75, 3.05) is 0 Å². The molecule has 0 aliphatic carbocycles. The van der Waals surface area contributed by atoms with Crippen LogP contribution >= 0.6 is 43.5 Å². The van der Waals surface area contributed by atoms with Gasteiger partial charge in [-0.2, -0.15) is 0 Å². The Balaban J connectivity index is 2.31. The topological polar surface area (TPSA) is 35.0 Å². The second-order valence-corrected chi connectivity index (χ2v) is 5.03. The van der Waals surface area contributed by atoms with Crippen LogP contribution in [-0.2, 0) is 0 Å². The molecular weight excluding hydrogens is 359 g/mol. The minimum Gasteiger partial charge on any atom is -0.436 e. The second-order valence-electron chi connectivity index (χ2n) is 2.85. The van der Waals surface area contributed by atoms with Crippen molar-refractivity contribution in [3.63, 3.8) is 0 Å². The first-order chi connectivity index (χ1) is 7.66. The van der Waals surface area contributed by atoms with E-state index < -0.39 is 0 Å². The summed E-state index contributed by atoms with van der Waals surface area (Å²) in [4.78, 5) is 7.83. The molecule has 82 valence electrons. The molecule has 0 amide bonds. The van der Waals surface area contributed by atoms with Crippen LogP contribution in [0.5, 0.6) is 11.6 Å².